The fraction of sp³-hybridized carbons (Fsp3) is 0.240. The number of anilines is 1. The minimum Gasteiger partial charge on any atom is -0.322 e. The molecular formula is C25H25FN6O. The van der Waals surface area contributed by atoms with Crippen molar-refractivity contribution in [2.24, 2.45) is 5.11 Å². The smallest absolute Gasteiger partial charge is 0.321 e. The highest BCUT2D eigenvalue weighted by molar-refractivity contribution is 5.89. The second-order valence-corrected chi connectivity index (χ2v) is 7.88. The number of halogens is 1. The van der Waals surface area contributed by atoms with Crippen LogP contribution in [-0.4, -0.2) is 42.0 Å². The molecule has 0 aliphatic carbocycles. The summed E-state index contributed by atoms with van der Waals surface area (Å²) in [6, 6.07) is 24.8. The number of piperazine rings is 1. The zero-order valence-corrected chi connectivity index (χ0v) is 18.1. The number of rotatable bonds is 6. The third-order valence-corrected chi connectivity index (χ3v) is 5.83. The SMILES string of the molecule is [N-]=[N+]=N[C@@H](c1ccccc1)[C@@H](c1ccccc1)N1CCN(C(=O)Nc2cccc(F)c2)CC1. The first-order chi connectivity index (χ1) is 16.2. The van der Waals surface area contributed by atoms with Crippen LogP contribution in [0.3, 0.4) is 0 Å². The maximum absolute atomic E-state index is 13.4. The van der Waals surface area contributed by atoms with Gasteiger partial charge in [0.05, 0.1) is 6.04 Å². The van der Waals surface area contributed by atoms with Gasteiger partial charge in [-0.15, -0.1) is 0 Å². The van der Waals surface area contributed by atoms with Gasteiger partial charge in [0.1, 0.15) is 5.82 Å². The number of hydrogen-bond acceptors (Lipinski definition) is 3. The van der Waals surface area contributed by atoms with E-state index in [2.05, 4.69) is 20.2 Å². The summed E-state index contributed by atoms with van der Waals surface area (Å²) in [5, 5.41) is 6.93. The lowest BCUT2D eigenvalue weighted by Crippen LogP contribution is -2.51. The summed E-state index contributed by atoms with van der Waals surface area (Å²) >= 11 is 0. The van der Waals surface area contributed by atoms with E-state index in [4.69, 9.17) is 0 Å². The molecular weight excluding hydrogens is 419 g/mol. The first kappa shape index (κ1) is 22.3. The van der Waals surface area contributed by atoms with E-state index in [1.54, 1.807) is 17.0 Å². The minimum atomic E-state index is -0.411. The van der Waals surface area contributed by atoms with Gasteiger partial charge in [0.15, 0.2) is 0 Å². The highest BCUT2D eigenvalue weighted by Crippen LogP contribution is 2.37. The van der Waals surface area contributed by atoms with Crippen LogP contribution in [0.2, 0.25) is 0 Å². The van der Waals surface area contributed by atoms with Crippen molar-refractivity contribution in [2.45, 2.75) is 12.1 Å². The van der Waals surface area contributed by atoms with Crippen LogP contribution in [0.4, 0.5) is 14.9 Å². The summed E-state index contributed by atoms with van der Waals surface area (Å²) < 4.78 is 13.4. The largest absolute Gasteiger partial charge is 0.322 e. The van der Waals surface area contributed by atoms with E-state index in [0.717, 1.165) is 11.1 Å². The molecule has 0 saturated carbocycles. The molecule has 0 radical (unpaired) electrons. The lowest BCUT2D eigenvalue weighted by Gasteiger charge is -2.41. The number of carbonyl (C=O) groups is 1. The molecule has 7 nitrogen and oxygen atoms in total. The van der Waals surface area contributed by atoms with Gasteiger partial charge in [-0.05, 0) is 34.9 Å². The van der Waals surface area contributed by atoms with Crippen molar-refractivity contribution in [3.63, 3.8) is 0 Å². The van der Waals surface area contributed by atoms with Crippen LogP contribution >= 0.6 is 0 Å². The number of carbonyl (C=O) groups excluding carboxylic acids is 1. The molecule has 1 aliphatic heterocycles. The maximum atomic E-state index is 13.4. The molecule has 3 aromatic rings. The molecule has 3 aromatic carbocycles. The lowest BCUT2D eigenvalue weighted by molar-refractivity contribution is 0.100. The standard InChI is InChI=1S/C25H25FN6O/c26-21-12-7-13-22(18-21)28-25(33)32-16-14-31(15-17-32)24(20-10-5-2-6-11-20)23(29-30-27)19-8-3-1-4-9-19/h1-13,18,23-24H,14-17H2,(H,28,33)/t23-,24+/m0/s1. The van der Waals surface area contributed by atoms with Gasteiger partial charge in [0.25, 0.3) is 0 Å². The predicted octanol–water partition coefficient (Wildman–Crippen LogP) is 5.77. The predicted molar refractivity (Wildman–Crippen MR) is 126 cm³/mol. The van der Waals surface area contributed by atoms with Crippen molar-refractivity contribution >= 4 is 11.7 Å². The summed E-state index contributed by atoms with van der Waals surface area (Å²) in [4.78, 5) is 19.8. The number of amides is 2. The van der Waals surface area contributed by atoms with Crippen molar-refractivity contribution in [3.8, 4) is 0 Å². The Morgan fingerprint density at radius 1 is 0.909 bits per heavy atom. The summed E-state index contributed by atoms with van der Waals surface area (Å²) in [6.45, 7) is 2.23. The van der Waals surface area contributed by atoms with E-state index < -0.39 is 11.9 Å². The average Bonchev–Trinajstić information content (AvgIpc) is 2.85. The third kappa shape index (κ3) is 5.49. The van der Waals surface area contributed by atoms with Crippen molar-refractivity contribution in [1.82, 2.24) is 9.80 Å². The Bertz CT molecular complexity index is 1110. The van der Waals surface area contributed by atoms with E-state index in [-0.39, 0.29) is 12.1 Å². The average molecular weight is 445 g/mol. The number of nitrogens with one attached hydrogen (secondary N) is 1. The Labute approximate surface area is 192 Å². The topological polar surface area (TPSA) is 84.3 Å². The summed E-state index contributed by atoms with van der Waals surface area (Å²) in [6.07, 6.45) is 0. The van der Waals surface area contributed by atoms with Crippen LogP contribution < -0.4 is 5.32 Å². The molecule has 0 bridgehead atoms. The fourth-order valence-corrected chi connectivity index (χ4v) is 4.23. The summed E-state index contributed by atoms with van der Waals surface area (Å²) in [7, 11) is 0. The highest BCUT2D eigenvalue weighted by Gasteiger charge is 2.33. The quantitative estimate of drug-likeness (QED) is 0.297. The molecule has 1 fully saturated rings. The molecule has 2 atom stereocenters. The zero-order valence-electron chi connectivity index (χ0n) is 18.1. The molecule has 8 heteroatoms. The van der Waals surface area contributed by atoms with E-state index in [1.165, 1.54) is 12.1 Å². The monoisotopic (exact) mass is 444 g/mol. The molecule has 1 heterocycles. The van der Waals surface area contributed by atoms with Crippen LogP contribution in [0.1, 0.15) is 23.2 Å². The van der Waals surface area contributed by atoms with Crippen molar-refractivity contribution in [3.05, 3.63) is 112 Å². The van der Waals surface area contributed by atoms with Gasteiger partial charge < -0.3 is 10.2 Å². The first-order valence-electron chi connectivity index (χ1n) is 10.9. The molecule has 4 rings (SSSR count). The first-order valence-corrected chi connectivity index (χ1v) is 10.9. The Hall–Kier alpha value is -3.87. The Morgan fingerprint density at radius 3 is 2.15 bits per heavy atom. The molecule has 33 heavy (non-hydrogen) atoms. The van der Waals surface area contributed by atoms with Crippen LogP contribution in [-0.2, 0) is 0 Å². The molecule has 1 aliphatic rings. The molecule has 1 N–H and O–H groups in total. The van der Waals surface area contributed by atoms with Crippen molar-refractivity contribution in [1.29, 1.82) is 0 Å². The van der Waals surface area contributed by atoms with E-state index >= 15 is 0 Å². The minimum absolute atomic E-state index is 0.169. The number of urea groups is 1. The lowest BCUT2D eigenvalue weighted by atomic mass is 9.92. The van der Waals surface area contributed by atoms with E-state index in [1.807, 2.05) is 60.7 Å². The second-order valence-electron chi connectivity index (χ2n) is 7.88. The summed E-state index contributed by atoms with van der Waals surface area (Å²) in [5.74, 6) is -0.395. The van der Waals surface area contributed by atoms with Gasteiger partial charge >= 0.3 is 6.03 Å². The molecule has 168 valence electrons. The second kappa shape index (κ2) is 10.6. The normalized spacial score (nSPS) is 15.8. The van der Waals surface area contributed by atoms with Gasteiger partial charge in [0.2, 0.25) is 0 Å². The van der Waals surface area contributed by atoms with Crippen LogP contribution in [0.25, 0.3) is 10.4 Å². The maximum Gasteiger partial charge on any atom is 0.321 e. The number of azide groups is 1. The van der Waals surface area contributed by atoms with Gasteiger partial charge in [-0.3, -0.25) is 4.90 Å². The number of nitrogens with zero attached hydrogens (tertiary/aromatic N) is 5. The van der Waals surface area contributed by atoms with Crippen LogP contribution in [0.15, 0.2) is 90.0 Å². The molecule has 0 unspecified atom stereocenters. The van der Waals surface area contributed by atoms with Gasteiger partial charge in [0, 0.05) is 42.8 Å². The van der Waals surface area contributed by atoms with Crippen LogP contribution in [0.5, 0.6) is 0 Å². The number of hydrogen-bond donors (Lipinski definition) is 1. The molecule has 0 aromatic heterocycles. The Balaban J connectivity index is 1.52. The van der Waals surface area contributed by atoms with Gasteiger partial charge in [-0.2, -0.15) is 0 Å². The van der Waals surface area contributed by atoms with E-state index in [0.29, 0.717) is 31.9 Å². The van der Waals surface area contributed by atoms with Crippen molar-refractivity contribution < 1.29 is 9.18 Å². The number of benzene rings is 3. The van der Waals surface area contributed by atoms with Crippen molar-refractivity contribution in [2.75, 3.05) is 31.5 Å². The Kier molecular flexibility index (Phi) is 7.19. The summed E-state index contributed by atoms with van der Waals surface area (Å²) in [5.41, 5.74) is 11.7. The van der Waals surface area contributed by atoms with Gasteiger partial charge in [-0.1, -0.05) is 71.8 Å². The van der Waals surface area contributed by atoms with E-state index in [9.17, 15) is 14.7 Å². The molecule has 2 amide bonds. The van der Waals surface area contributed by atoms with Crippen LogP contribution in [0, 0.1) is 5.82 Å². The Morgan fingerprint density at radius 2 is 1.55 bits per heavy atom. The fourth-order valence-electron chi connectivity index (χ4n) is 4.23. The zero-order chi connectivity index (χ0) is 23.0. The molecule has 1 saturated heterocycles. The van der Waals surface area contributed by atoms with Gasteiger partial charge in [-0.25, -0.2) is 9.18 Å². The molecule has 0 spiro atoms. The highest BCUT2D eigenvalue weighted by atomic mass is 19.1. The third-order valence-electron chi connectivity index (χ3n) is 5.83.